The number of ether oxygens (including phenoxy) is 1. The van der Waals surface area contributed by atoms with Crippen LogP contribution >= 0.6 is 11.3 Å². The molecule has 0 spiro atoms. The Morgan fingerprint density at radius 2 is 1.68 bits per heavy atom. The molecule has 0 bridgehead atoms. The van der Waals surface area contributed by atoms with Crippen LogP contribution in [0, 0.1) is 27.7 Å². The summed E-state index contributed by atoms with van der Waals surface area (Å²) in [6.45, 7) is 7.29. The number of aryl methyl sites for hydroxylation is 4. The first-order valence-corrected chi connectivity index (χ1v) is 11.5. The van der Waals surface area contributed by atoms with Gasteiger partial charge in [-0.1, -0.05) is 58.9 Å². The SMILES string of the molecule is COC(=O)c1sc(N2C(=O)C(=O)C(=C(O)c3cc(C)ccc3C)C2c2ccc(C)cc2)nc1C. The molecular formula is C26H24N2O5S. The fourth-order valence-corrected chi connectivity index (χ4v) is 5.01. The van der Waals surface area contributed by atoms with Crippen molar-refractivity contribution in [1.29, 1.82) is 0 Å². The van der Waals surface area contributed by atoms with Gasteiger partial charge in [0.25, 0.3) is 5.78 Å². The van der Waals surface area contributed by atoms with Crippen molar-refractivity contribution in [1.82, 2.24) is 4.98 Å². The van der Waals surface area contributed by atoms with Gasteiger partial charge < -0.3 is 9.84 Å². The predicted octanol–water partition coefficient (Wildman–Crippen LogP) is 4.79. The summed E-state index contributed by atoms with van der Waals surface area (Å²) in [5.74, 6) is -2.44. The lowest BCUT2D eigenvalue weighted by atomic mass is 9.93. The maximum Gasteiger partial charge on any atom is 0.350 e. The second-order valence-electron chi connectivity index (χ2n) is 8.30. The first kappa shape index (κ1) is 23.4. The van der Waals surface area contributed by atoms with Gasteiger partial charge in [0, 0.05) is 5.56 Å². The highest BCUT2D eigenvalue weighted by Crippen LogP contribution is 2.44. The molecule has 2 heterocycles. The highest BCUT2D eigenvalue weighted by atomic mass is 32.1. The lowest BCUT2D eigenvalue weighted by Gasteiger charge is -2.23. The summed E-state index contributed by atoms with van der Waals surface area (Å²) < 4.78 is 4.82. The van der Waals surface area contributed by atoms with Gasteiger partial charge in [0.1, 0.15) is 10.6 Å². The maximum absolute atomic E-state index is 13.3. The molecule has 0 radical (unpaired) electrons. The summed E-state index contributed by atoms with van der Waals surface area (Å²) in [6, 6.07) is 12.0. The Hall–Kier alpha value is -3.78. The molecule has 0 aliphatic carbocycles. The number of benzene rings is 2. The Kier molecular flexibility index (Phi) is 6.10. The van der Waals surface area contributed by atoms with E-state index in [1.807, 2.05) is 57.2 Å². The number of aliphatic hydroxyl groups is 1. The zero-order chi connectivity index (χ0) is 24.7. The van der Waals surface area contributed by atoms with E-state index in [9.17, 15) is 19.5 Å². The summed E-state index contributed by atoms with van der Waals surface area (Å²) in [6.07, 6.45) is 0. The number of esters is 1. The molecular weight excluding hydrogens is 452 g/mol. The normalized spacial score (nSPS) is 17.3. The number of Topliss-reactive ketones (excluding diaryl/α,β-unsaturated/α-hetero) is 1. The highest BCUT2D eigenvalue weighted by Gasteiger charge is 2.48. The fraction of sp³-hybridized carbons (Fsp3) is 0.231. The number of carbonyl (C=O) groups excluding carboxylic acids is 3. The lowest BCUT2D eigenvalue weighted by Crippen LogP contribution is -2.29. The van der Waals surface area contributed by atoms with Crippen molar-refractivity contribution in [2.24, 2.45) is 0 Å². The summed E-state index contributed by atoms with van der Waals surface area (Å²) >= 11 is 0.975. The molecule has 1 amide bonds. The second kappa shape index (κ2) is 8.87. The van der Waals surface area contributed by atoms with Crippen LogP contribution in [-0.2, 0) is 14.3 Å². The van der Waals surface area contributed by atoms with Crippen molar-refractivity contribution in [2.75, 3.05) is 12.0 Å². The van der Waals surface area contributed by atoms with E-state index < -0.39 is 23.7 Å². The molecule has 1 atom stereocenters. The summed E-state index contributed by atoms with van der Waals surface area (Å²) in [5, 5.41) is 11.5. The van der Waals surface area contributed by atoms with Crippen LogP contribution in [0.2, 0.25) is 0 Å². The van der Waals surface area contributed by atoms with Gasteiger partial charge in [0.2, 0.25) is 0 Å². The number of hydrogen-bond donors (Lipinski definition) is 1. The minimum absolute atomic E-state index is 0.0185. The number of hydrogen-bond acceptors (Lipinski definition) is 7. The third-order valence-corrected chi connectivity index (χ3v) is 6.98. The molecule has 1 fully saturated rings. The average Bonchev–Trinajstić information content (AvgIpc) is 3.32. The fourth-order valence-electron chi connectivity index (χ4n) is 4.00. The quantitative estimate of drug-likeness (QED) is 0.252. The average molecular weight is 477 g/mol. The van der Waals surface area contributed by atoms with Crippen LogP contribution in [0.1, 0.15) is 49.2 Å². The highest BCUT2D eigenvalue weighted by molar-refractivity contribution is 7.17. The van der Waals surface area contributed by atoms with E-state index >= 15 is 0 Å². The van der Waals surface area contributed by atoms with Crippen LogP contribution in [0.15, 0.2) is 48.0 Å². The van der Waals surface area contributed by atoms with Crippen LogP contribution in [0.4, 0.5) is 5.13 Å². The monoisotopic (exact) mass is 476 g/mol. The van der Waals surface area contributed by atoms with E-state index in [0.29, 0.717) is 16.8 Å². The Morgan fingerprint density at radius 1 is 1.03 bits per heavy atom. The van der Waals surface area contributed by atoms with Crippen molar-refractivity contribution >= 4 is 39.9 Å². The molecule has 1 aromatic heterocycles. The molecule has 1 aliphatic heterocycles. The van der Waals surface area contributed by atoms with E-state index in [0.717, 1.165) is 28.0 Å². The van der Waals surface area contributed by atoms with Crippen LogP contribution in [-0.4, -0.2) is 34.9 Å². The van der Waals surface area contributed by atoms with Crippen LogP contribution < -0.4 is 4.90 Å². The van der Waals surface area contributed by atoms with E-state index in [1.54, 1.807) is 13.0 Å². The minimum atomic E-state index is -0.906. The molecule has 7 nitrogen and oxygen atoms in total. The third-order valence-electron chi connectivity index (χ3n) is 5.85. The van der Waals surface area contributed by atoms with Gasteiger partial charge in [-0.3, -0.25) is 14.5 Å². The zero-order valence-electron chi connectivity index (χ0n) is 19.5. The Morgan fingerprint density at radius 3 is 2.32 bits per heavy atom. The van der Waals surface area contributed by atoms with Crippen molar-refractivity contribution in [2.45, 2.75) is 33.7 Å². The second-order valence-corrected chi connectivity index (χ2v) is 9.28. The molecule has 1 aliphatic rings. The molecule has 1 unspecified atom stereocenters. The summed E-state index contributed by atoms with van der Waals surface area (Å²) in [5.41, 5.74) is 4.20. The van der Waals surface area contributed by atoms with Gasteiger partial charge >= 0.3 is 11.9 Å². The number of thiazole rings is 1. The van der Waals surface area contributed by atoms with Crippen molar-refractivity contribution in [3.63, 3.8) is 0 Å². The van der Waals surface area contributed by atoms with Crippen LogP contribution in [0.3, 0.4) is 0 Å². The molecule has 174 valence electrons. The van der Waals surface area contributed by atoms with Gasteiger partial charge in [0.15, 0.2) is 5.13 Å². The number of aliphatic hydroxyl groups excluding tert-OH is 1. The Bertz CT molecular complexity index is 1350. The maximum atomic E-state index is 13.3. The molecule has 1 saturated heterocycles. The van der Waals surface area contributed by atoms with E-state index in [1.165, 1.54) is 12.0 Å². The molecule has 1 N–H and O–H groups in total. The lowest BCUT2D eigenvalue weighted by molar-refractivity contribution is -0.132. The van der Waals surface area contributed by atoms with E-state index in [4.69, 9.17) is 4.74 Å². The zero-order valence-corrected chi connectivity index (χ0v) is 20.3. The number of anilines is 1. The Balaban J connectivity index is 1.97. The summed E-state index contributed by atoms with van der Waals surface area (Å²) in [4.78, 5) is 44.7. The van der Waals surface area contributed by atoms with Crippen molar-refractivity contribution < 1.29 is 24.2 Å². The number of ketones is 1. The number of methoxy groups -OCH3 is 1. The van der Waals surface area contributed by atoms with Gasteiger partial charge in [0.05, 0.1) is 24.4 Å². The van der Waals surface area contributed by atoms with E-state index in [-0.39, 0.29) is 21.3 Å². The molecule has 8 heteroatoms. The molecule has 3 aromatic rings. The number of rotatable bonds is 4. The van der Waals surface area contributed by atoms with Gasteiger partial charge in [-0.15, -0.1) is 0 Å². The van der Waals surface area contributed by atoms with Crippen LogP contribution in [0.5, 0.6) is 0 Å². The largest absolute Gasteiger partial charge is 0.507 e. The predicted molar refractivity (Wildman–Crippen MR) is 130 cm³/mol. The third kappa shape index (κ3) is 3.90. The smallest absolute Gasteiger partial charge is 0.350 e. The van der Waals surface area contributed by atoms with Crippen molar-refractivity contribution in [3.8, 4) is 0 Å². The standard InChI is InChI=1S/C26H24N2O5S/c1-13-7-10-17(11-8-13)20-19(21(29)18-12-14(2)6-9-15(18)3)22(30)24(31)28(20)26-27-16(4)23(34-26)25(32)33-5/h6-12,20,29H,1-5H3. The van der Waals surface area contributed by atoms with Gasteiger partial charge in [-0.25, -0.2) is 9.78 Å². The van der Waals surface area contributed by atoms with E-state index in [2.05, 4.69) is 4.98 Å². The Labute approximate surface area is 201 Å². The number of nitrogens with zero attached hydrogens (tertiary/aromatic N) is 2. The van der Waals surface area contributed by atoms with Gasteiger partial charge in [-0.2, -0.15) is 0 Å². The minimum Gasteiger partial charge on any atom is -0.507 e. The summed E-state index contributed by atoms with van der Waals surface area (Å²) in [7, 11) is 1.27. The number of aromatic nitrogens is 1. The molecule has 34 heavy (non-hydrogen) atoms. The number of carbonyl (C=O) groups is 3. The number of amides is 1. The topological polar surface area (TPSA) is 96.8 Å². The molecule has 0 saturated carbocycles. The van der Waals surface area contributed by atoms with Gasteiger partial charge in [-0.05, 0) is 44.9 Å². The van der Waals surface area contributed by atoms with Crippen molar-refractivity contribution in [3.05, 3.63) is 86.4 Å². The first-order chi connectivity index (χ1) is 16.1. The molecule has 4 rings (SSSR count). The van der Waals surface area contributed by atoms with Crippen LogP contribution in [0.25, 0.3) is 5.76 Å². The molecule has 2 aromatic carbocycles. The first-order valence-electron chi connectivity index (χ1n) is 10.6.